The molecule has 0 saturated carbocycles. The minimum atomic E-state index is 0.0695. The van der Waals surface area contributed by atoms with E-state index < -0.39 is 0 Å². The first-order valence-corrected chi connectivity index (χ1v) is 13.7. The average Bonchev–Trinajstić information content (AvgIpc) is 3.57. The number of rotatable bonds is 3. The molecule has 4 heteroatoms. The molecule has 3 aromatic carbocycles. The quantitative estimate of drug-likeness (QED) is 0.243. The molecule has 4 nitrogen and oxygen atoms in total. The summed E-state index contributed by atoms with van der Waals surface area (Å²) in [5.41, 5.74) is 8.11. The number of anilines is 1. The lowest BCUT2D eigenvalue weighted by Crippen LogP contribution is -2.44. The van der Waals surface area contributed by atoms with Crippen molar-refractivity contribution >= 4 is 27.6 Å². The minimum absolute atomic E-state index is 0.0695. The molecular formula is C36H25N3O. The Morgan fingerprint density at radius 1 is 0.725 bits per heavy atom. The first-order valence-electron chi connectivity index (χ1n) is 13.7. The van der Waals surface area contributed by atoms with Gasteiger partial charge in [0.05, 0.1) is 23.7 Å². The van der Waals surface area contributed by atoms with E-state index in [-0.39, 0.29) is 23.9 Å². The molecule has 5 aromatic rings. The van der Waals surface area contributed by atoms with Gasteiger partial charge in [0.2, 0.25) is 0 Å². The van der Waals surface area contributed by atoms with Crippen LogP contribution in [0.4, 0.5) is 5.69 Å². The fourth-order valence-electron chi connectivity index (χ4n) is 6.88. The average molecular weight is 516 g/mol. The van der Waals surface area contributed by atoms with Crippen LogP contribution in [0.2, 0.25) is 0 Å². The van der Waals surface area contributed by atoms with Crippen LogP contribution in [0.25, 0.3) is 33.1 Å². The highest BCUT2D eigenvalue weighted by atomic mass is 16.3. The van der Waals surface area contributed by atoms with Gasteiger partial charge in [-0.15, -0.1) is 0 Å². The lowest BCUT2D eigenvalue weighted by Gasteiger charge is -2.39. The molecule has 0 saturated heterocycles. The van der Waals surface area contributed by atoms with E-state index in [4.69, 9.17) is 4.42 Å². The summed E-state index contributed by atoms with van der Waals surface area (Å²) in [5.74, 6) is 0.271. The van der Waals surface area contributed by atoms with Crippen molar-refractivity contribution < 1.29 is 4.42 Å². The fourth-order valence-corrected chi connectivity index (χ4v) is 6.88. The number of furan rings is 1. The van der Waals surface area contributed by atoms with Gasteiger partial charge in [0.1, 0.15) is 11.2 Å². The number of para-hydroxylation sites is 1. The van der Waals surface area contributed by atoms with Crippen LogP contribution >= 0.6 is 0 Å². The van der Waals surface area contributed by atoms with Crippen molar-refractivity contribution in [1.29, 1.82) is 5.26 Å². The van der Waals surface area contributed by atoms with Crippen LogP contribution in [0.1, 0.15) is 28.5 Å². The number of aromatic nitrogens is 1. The molecule has 0 spiro atoms. The number of benzene rings is 3. The molecule has 40 heavy (non-hydrogen) atoms. The monoisotopic (exact) mass is 515 g/mol. The summed E-state index contributed by atoms with van der Waals surface area (Å²) in [5, 5.41) is 12.2. The predicted molar refractivity (Wildman–Crippen MR) is 160 cm³/mol. The Hall–Kier alpha value is -5.14. The van der Waals surface area contributed by atoms with E-state index in [0.717, 1.165) is 27.7 Å². The molecule has 3 heterocycles. The van der Waals surface area contributed by atoms with Crippen LogP contribution in [-0.4, -0.2) is 17.1 Å². The smallest absolute Gasteiger partial charge is 0.141 e. The Morgan fingerprint density at radius 3 is 2.35 bits per heavy atom. The summed E-state index contributed by atoms with van der Waals surface area (Å²) in [6.45, 7) is 0. The molecule has 0 amide bonds. The lowest BCUT2D eigenvalue weighted by molar-refractivity contribution is 0.574. The molecule has 1 aliphatic heterocycles. The van der Waals surface area contributed by atoms with E-state index >= 15 is 0 Å². The zero-order valence-electron chi connectivity index (χ0n) is 21.7. The van der Waals surface area contributed by atoms with E-state index in [9.17, 15) is 5.26 Å². The number of hydrogen-bond acceptors (Lipinski definition) is 4. The van der Waals surface area contributed by atoms with Gasteiger partial charge in [-0.3, -0.25) is 4.98 Å². The number of allylic oxidation sites excluding steroid dienone is 4. The van der Waals surface area contributed by atoms with Crippen LogP contribution in [0.5, 0.6) is 0 Å². The Morgan fingerprint density at radius 2 is 1.48 bits per heavy atom. The van der Waals surface area contributed by atoms with Crippen molar-refractivity contribution in [3.8, 4) is 17.2 Å². The molecule has 2 aromatic heterocycles. The molecule has 0 bridgehead atoms. The van der Waals surface area contributed by atoms with E-state index in [1.54, 1.807) is 12.3 Å². The van der Waals surface area contributed by atoms with Gasteiger partial charge in [-0.05, 0) is 35.4 Å². The predicted octanol–water partition coefficient (Wildman–Crippen LogP) is 8.20. The van der Waals surface area contributed by atoms with Gasteiger partial charge in [-0.2, -0.15) is 5.26 Å². The van der Waals surface area contributed by atoms with Crippen LogP contribution in [0.3, 0.4) is 0 Å². The number of pyridine rings is 1. The Labute approximate surface area is 232 Å². The van der Waals surface area contributed by atoms with Crippen LogP contribution in [-0.2, 0) is 0 Å². The number of nitrogens with zero attached hydrogens (tertiary/aromatic N) is 3. The third-order valence-electron chi connectivity index (χ3n) is 8.58. The van der Waals surface area contributed by atoms with Crippen molar-refractivity contribution in [3.05, 3.63) is 144 Å². The number of fused-ring (bicyclic) bond motifs is 7. The molecular weight excluding hydrogens is 490 g/mol. The van der Waals surface area contributed by atoms with Gasteiger partial charge in [-0.1, -0.05) is 91.1 Å². The summed E-state index contributed by atoms with van der Waals surface area (Å²) < 4.78 is 6.54. The molecule has 4 atom stereocenters. The summed E-state index contributed by atoms with van der Waals surface area (Å²) in [6, 6.07) is 25.6. The van der Waals surface area contributed by atoms with Gasteiger partial charge in [0, 0.05) is 51.8 Å². The van der Waals surface area contributed by atoms with Gasteiger partial charge in [0.25, 0.3) is 0 Å². The standard InChI is InChI=1S/C36H25N3O/c37-21-23-19-20-38-22-30(23)25-10-2-1-9-24(25)26-11-3-6-14-31(26)39-32-15-7-4-13-29(32)35-33(39)18-17-28-27-12-5-8-16-34(27)40-36(28)35/h1-20,22,26,29,31-32H. The van der Waals surface area contributed by atoms with Crippen LogP contribution < -0.4 is 4.90 Å². The molecule has 0 N–H and O–H groups in total. The number of nitriles is 1. The van der Waals surface area contributed by atoms with Gasteiger partial charge in [0.15, 0.2) is 0 Å². The summed E-state index contributed by atoms with van der Waals surface area (Å²) in [7, 11) is 0. The molecule has 8 rings (SSSR count). The molecule has 3 aliphatic rings. The molecule has 0 radical (unpaired) electrons. The van der Waals surface area contributed by atoms with Crippen LogP contribution in [0.15, 0.2) is 132 Å². The zero-order chi connectivity index (χ0) is 26.6. The normalized spacial score (nSPS) is 22.5. The van der Waals surface area contributed by atoms with Crippen LogP contribution in [0, 0.1) is 11.3 Å². The third-order valence-corrected chi connectivity index (χ3v) is 8.58. The highest BCUT2D eigenvalue weighted by Crippen LogP contribution is 2.52. The zero-order valence-corrected chi connectivity index (χ0v) is 21.7. The molecule has 2 aliphatic carbocycles. The van der Waals surface area contributed by atoms with Crippen molar-refractivity contribution in [2.24, 2.45) is 0 Å². The Balaban J connectivity index is 1.31. The minimum Gasteiger partial charge on any atom is -0.456 e. The van der Waals surface area contributed by atoms with Gasteiger partial charge >= 0.3 is 0 Å². The highest BCUT2D eigenvalue weighted by Gasteiger charge is 2.44. The molecule has 190 valence electrons. The summed E-state index contributed by atoms with van der Waals surface area (Å²) in [4.78, 5) is 6.93. The van der Waals surface area contributed by atoms with Crippen molar-refractivity contribution in [1.82, 2.24) is 4.98 Å². The molecule has 0 fully saturated rings. The van der Waals surface area contributed by atoms with E-state index in [0.29, 0.717) is 5.56 Å². The molecule has 4 unspecified atom stereocenters. The van der Waals surface area contributed by atoms with Gasteiger partial charge in [-0.25, -0.2) is 0 Å². The first-order chi connectivity index (χ1) is 19.8. The van der Waals surface area contributed by atoms with Crippen molar-refractivity contribution in [3.63, 3.8) is 0 Å². The van der Waals surface area contributed by atoms with E-state index in [1.165, 1.54) is 22.2 Å². The second-order valence-electron chi connectivity index (χ2n) is 10.6. The second kappa shape index (κ2) is 8.97. The first kappa shape index (κ1) is 22.8. The van der Waals surface area contributed by atoms with E-state index in [2.05, 4.69) is 113 Å². The fraction of sp³-hybridized carbons (Fsp3) is 0.111. The Kier molecular flexibility index (Phi) is 5.11. The lowest BCUT2D eigenvalue weighted by atomic mass is 9.82. The maximum absolute atomic E-state index is 9.85. The van der Waals surface area contributed by atoms with E-state index in [1.807, 2.05) is 18.3 Å². The third kappa shape index (κ3) is 3.28. The SMILES string of the molecule is N#Cc1ccncc1-c1ccccc1C1C=CC=CC1N1c2ccc3c(oc4ccccc43)c2C2C=CC=CC21. The largest absolute Gasteiger partial charge is 0.456 e. The number of hydrogen-bond donors (Lipinski definition) is 0. The maximum Gasteiger partial charge on any atom is 0.141 e. The maximum atomic E-state index is 9.85. The summed E-state index contributed by atoms with van der Waals surface area (Å²) >= 11 is 0. The second-order valence-corrected chi connectivity index (χ2v) is 10.6. The topological polar surface area (TPSA) is 53.1 Å². The van der Waals surface area contributed by atoms with Gasteiger partial charge < -0.3 is 9.32 Å². The highest BCUT2D eigenvalue weighted by molar-refractivity contribution is 6.08. The summed E-state index contributed by atoms with van der Waals surface area (Å²) in [6.07, 6.45) is 21.4. The van der Waals surface area contributed by atoms with Crippen molar-refractivity contribution in [2.45, 2.75) is 23.9 Å². The van der Waals surface area contributed by atoms with Crippen molar-refractivity contribution in [2.75, 3.05) is 4.90 Å². The Bertz CT molecular complexity index is 1970.